The summed E-state index contributed by atoms with van der Waals surface area (Å²) < 4.78 is 11.9. The third-order valence-corrected chi connectivity index (χ3v) is 5.41. The van der Waals surface area contributed by atoms with Crippen LogP contribution in [0.2, 0.25) is 0 Å². The van der Waals surface area contributed by atoms with Crippen molar-refractivity contribution in [2.45, 2.75) is 0 Å². The predicted octanol–water partition coefficient (Wildman–Crippen LogP) is 2.43. The number of ether oxygens (including phenoxy) is 2. The van der Waals surface area contributed by atoms with Crippen LogP contribution in [0.1, 0.15) is 0 Å². The van der Waals surface area contributed by atoms with Crippen molar-refractivity contribution < 1.29 is 9.47 Å². The van der Waals surface area contributed by atoms with E-state index in [1.165, 1.54) is 0 Å². The summed E-state index contributed by atoms with van der Waals surface area (Å²) in [5, 5.41) is 0.992. The minimum atomic E-state index is 0.773. The molecule has 3 heterocycles. The summed E-state index contributed by atoms with van der Waals surface area (Å²) >= 11 is 1.64. The van der Waals surface area contributed by atoms with Crippen molar-refractivity contribution >= 4 is 32.6 Å². The van der Waals surface area contributed by atoms with Crippen LogP contribution in [0.4, 0.5) is 11.1 Å². The van der Waals surface area contributed by atoms with E-state index in [1.807, 2.05) is 18.2 Å². The van der Waals surface area contributed by atoms with Gasteiger partial charge in [0.1, 0.15) is 21.7 Å². The molecule has 130 valence electrons. The third-order valence-electron chi connectivity index (χ3n) is 4.28. The lowest BCUT2D eigenvalue weighted by Gasteiger charge is -2.34. The SMILES string of the molecule is COc1ccc(OC)c2sc(N3CCN(c4ncccn4)CC3)nc12. The molecule has 0 saturated carbocycles. The van der Waals surface area contributed by atoms with Gasteiger partial charge in [0, 0.05) is 38.6 Å². The van der Waals surface area contributed by atoms with Crippen molar-refractivity contribution in [3.63, 3.8) is 0 Å². The van der Waals surface area contributed by atoms with Crippen molar-refractivity contribution in [2.75, 3.05) is 50.2 Å². The zero-order valence-electron chi connectivity index (χ0n) is 14.2. The molecule has 0 unspecified atom stereocenters. The Morgan fingerprint density at radius 3 is 2.24 bits per heavy atom. The van der Waals surface area contributed by atoms with Gasteiger partial charge >= 0.3 is 0 Å². The first-order chi connectivity index (χ1) is 12.3. The van der Waals surface area contributed by atoms with Gasteiger partial charge in [-0.25, -0.2) is 15.0 Å². The smallest absolute Gasteiger partial charge is 0.225 e. The average Bonchev–Trinajstić information content (AvgIpc) is 3.13. The van der Waals surface area contributed by atoms with Gasteiger partial charge in [0.05, 0.1) is 14.2 Å². The standard InChI is InChI=1S/C17H19N5O2S/c1-23-12-4-5-13(24-2)15-14(12)20-17(25-15)22-10-8-21(9-11-22)16-18-6-3-7-19-16/h3-7H,8-11H2,1-2H3. The average molecular weight is 357 g/mol. The number of thiazole rings is 1. The van der Waals surface area contributed by atoms with Crippen LogP contribution in [0.3, 0.4) is 0 Å². The molecule has 0 atom stereocenters. The normalized spacial score (nSPS) is 14.8. The molecular weight excluding hydrogens is 338 g/mol. The van der Waals surface area contributed by atoms with E-state index in [1.54, 1.807) is 38.0 Å². The molecule has 1 aromatic carbocycles. The van der Waals surface area contributed by atoms with Crippen molar-refractivity contribution in [1.29, 1.82) is 0 Å². The molecule has 7 nitrogen and oxygen atoms in total. The Kier molecular flexibility index (Phi) is 4.27. The van der Waals surface area contributed by atoms with E-state index in [9.17, 15) is 0 Å². The zero-order chi connectivity index (χ0) is 17.2. The highest BCUT2D eigenvalue weighted by molar-refractivity contribution is 7.22. The first kappa shape index (κ1) is 15.9. The lowest BCUT2D eigenvalue weighted by molar-refractivity contribution is 0.410. The maximum atomic E-state index is 5.47. The van der Waals surface area contributed by atoms with E-state index in [4.69, 9.17) is 14.5 Å². The van der Waals surface area contributed by atoms with Crippen LogP contribution >= 0.6 is 11.3 Å². The number of fused-ring (bicyclic) bond motifs is 1. The number of hydrogen-bond donors (Lipinski definition) is 0. The Morgan fingerprint density at radius 2 is 1.56 bits per heavy atom. The molecule has 0 bridgehead atoms. The highest BCUT2D eigenvalue weighted by atomic mass is 32.1. The summed E-state index contributed by atoms with van der Waals surface area (Å²) in [6, 6.07) is 5.66. The fourth-order valence-corrected chi connectivity index (χ4v) is 4.09. The van der Waals surface area contributed by atoms with Gasteiger partial charge in [-0.15, -0.1) is 0 Å². The molecule has 2 aromatic heterocycles. The van der Waals surface area contributed by atoms with Gasteiger partial charge in [0.15, 0.2) is 5.13 Å². The molecule has 0 radical (unpaired) electrons. The molecular formula is C17H19N5O2S. The zero-order valence-corrected chi connectivity index (χ0v) is 15.0. The summed E-state index contributed by atoms with van der Waals surface area (Å²) in [7, 11) is 3.35. The Hall–Kier alpha value is -2.61. The summed E-state index contributed by atoms with van der Waals surface area (Å²) in [6.45, 7) is 3.49. The Bertz CT molecular complexity index is 821. The number of rotatable bonds is 4. The molecule has 8 heteroatoms. The number of methoxy groups -OCH3 is 2. The summed E-state index contributed by atoms with van der Waals surface area (Å²) in [6.07, 6.45) is 3.56. The monoisotopic (exact) mass is 357 g/mol. The van der Waals surface area contributed by atoms with Crippen molar-refractivity contribution in [3.8, 4) is 11.5 Å². The van der Waals surface area contributed by atoms with Gasteiger partial charge in [0.2, 0.25) is 5.95 Å². The molecule has 4 rings (SSSR count). The second-order valence-electron chi connectivity index (χ2n) is 5.67. The number of nitrogens with zero attached hydrogens (tertiary/aromatic N) is 5. The molecule has 1 fully saturated rings. The molecule has 1 saturated heterocycles. The minimum absolute atomic E-state index is 0.773. The van der Waals surface area contributed by atoms with Crippen LogP contribution in [0.5, 0.6) is 11.5 Å². The lowest BCUT2D eigenvalue weighted by atomic mass is 10.3. The van der Waals surface area contributed by atoms with Gasteiger partial charge in [-0.2, -0.15) is 0 Å². The largest absolute Gasteiger partial charge is 0.495 e. The summed E-state index contributed by atoms with van der Waals surface area (Å²) in [5.41, 5.74) is 0.857. The molecule has 1 aliphatic heterocycles. The van der Waals surface area contributed by atoms with Crippen LogP contribution in [0, 0.1) is 0 Å². The first-order valence-electron chi connectivity index (χ1n) is 8.08. The number of anilines is 2. The third kappa shape index (κ3) is 2.93. The number of piperazine rings is 1. The predicted molar refractivity (Wildman–Crippen MR) is 99.2 cm³/mol. The molecule has 1 aliphatic rings. The number of aromatic nitrogens is 3. The van der Waals surface area contributed by atoms with Gasteiger partial charge in [-0.1, -0.05) is 11.3 Å². The summed E-state index contributed by atoms with van der Waals surface area (Å²) in [5.74, 6) is 2.39. The second kappa shape index (κ2) is 6.72. The molecule has 0 amide bonds. The molecule has 3 aromatic rings. The van der Waals surface area contributed by atoms with Gasteiger partial charge < -0.3 is 19.3 Å². The maximum Gasteiger partial charge on any atom is 0.225 e. The minimum Gasteiger partial charge on any atom is -0.495 e. The van der Waals surface area contributed by atoms with Crippen LogP contribution in [-0.2, 0) is 0 Å². The quantitative estimate of drug-likeness (QED) is 0.710. The van der Waals surface area contributed by atoms with E-state index in [0.29, 0.717) is 0 Å². The van der Waals surface area contributed by atoms with E-state index in [-0.39, 0.29) is 0 Å². The Labute approximate surface area is 149 Å². The van der Waals surface area contributed by atoms with Crippen LogP contribution in [0.25, 0.3) is 10.2 Å². The van der Waals surface area contributed by atoms with E-state index < -0.39 is 0 Å². The van der Waals surface area contributed by atoms with Gasteiger partial charge in [0.25, 0.3) is 0 Å². The fraction of sp³-hybridized carbons (Fsp3) is 0.353. The summed E-state index contributed by atoms with van der Waals surface area (Å²) in [4.78, 5) is 18.0. The highest BCUT2D eigenvalue weighted by Gasteiger charge is 2.23. The van der Waals surface area contributed by atoms with Gasteiger partial charge in [-0.05, 0) is 18.2 Å². The van der Waals surface area contributed by atoms with Crippen molar-refractivity contribution in [2.24, 2.45) is 0 Å². The number of benzene rings is 1. The van der Waals surface area contributed by atoms with Crippen molar-refractivity contribution in [3.05, 3.63) is 30.6 Å². The van der Waals surface area contributed by atoms with E-state index in [2.05, 4.69) is 19.8 Å². The number of hydrogen-bond acceptors (Lipinski definition) is 8. The molecule has 0 N–H and O–H groups in total. The second-order valence-corrected chi connectivity index (χ2v) is 6.64. The van der Waals surface area contributed by atoms with Gasteiger partial charge in [-0.3, -0.25) is 0 Å². The lowest BCUT2D eigenvalue weighted by Crippen LogP contribution is -2.47. The van der Waals surface area contributed by atoms with E-state index >= 15 is 0 Å². The fourth-order valence-electron chi connectivity index (χ4n) is 2.96. The molecule has 0 spiro atoms. The Balaban J connectivity index is 1.57. The topological polar surface area (TPSA) is 63.6 Å². The Morgan fingerprint density at radius 1 is 0.920 bits per heavy atom. The van der Waals surface area contributed by atoms with E-state index in [0.717, 1.165) is 59.0 Å². The highest BCUT2D eigenvalue weighted by Crippen LogP contribution is 2.40. The van der Waals surface area contributed by atoms with Crippen molar-refractivity contribution in [1.82, 2.24) is 15.0 Å². The van der Waals surface area contributed by atoms with Crippen LogP contribution in [-0.4, -0.2) is 55.4 Å². The maximum absolute atomic E-state index is 5.47. The van der Waals surface area contributed by atoms with Crippen LogP contribution < -0.4 is 19.3 Å². The molecule has 25 heavy (non-hydrogen) atoms. The molecule has 0 aliphatic carbocycles. The first-order valence-corrected chi connectivity index (χ1v) is 8.90. The van der Waals surface area contributed by atoms with Crippen LogP contribution in [0.15, 0.2) is 30.6 Å².